The summed E-state index contributed by atoms with van der Waals surface area (Å²) >= 11 is 0. The molecule has 2 aromatic carbocycles. The molecule has 3 rings (SSSR count). The number of aryl methyl sites for hydroxylation is 2. The number of carbonyl (C=O) groups excluding carboxylic acids is 1. The zero-order chi connectivity index (χ0) is 18.4. The Labute approximate surface area is 153 Å². The molecule has 0 bridgehead atoms. The van der Waals surface area contributed by atoms with Gasteiger partial charge >= 0.3 is 0 Å². The van der Waals surface area contributed by atoms with E-state index in [9.17, 15) is 4.79 Å². The number of benzene rings is 2. The first-order valence-corrected chi connectivity index (χ1v) is 8.62. The van der Waals surface area contributed by atoms with E-state index in [1.165, 1.54) is 5.56 Å². The number of rotatable bonds is 6. The Balaban J connectivity index is 1.55. The predicted octanol–water partition coefficient (Wildman–Crippen LogP) is 3.81. The Morgan fingerprint density at radius 2 is 1.58 bits per heavy atom. The second-order valence-electron chi connectivity index (χ2n) is 6.17. The van der Waals surface area contributed by atoms with Gasteiger partial charge in [-0.1, -0.05) is 30.3 Å². The highest BCUT2D eigenvalue weighted by Gasteiger charge is 2.06. The fourth-order valence-corrected chi connectivity index (χ4v) is 2.68. The van der Waals surface area contributed by atoms with Crippen molar-refractivity contribution in [3.63, 3.8) is 0 Å². The summed E-state index contributed by atoms with van der Waals surface area (Å²) in [4.78, 5) is 20.9. The molecule has 0 aliphatic heterocycles. The van der Waals surface area contributed by atoms with Crippen molar-refractivity contribution >= 4 is 17.5 Å². The summed E-state index contributed by atoms with van der Waals surface area (Å²) < 4.78 is 0. The van der Waals surface area contributed by atoms with E-state index in [1.807, 2.05) is 50.2 Å². The maximum absolute atomic E-state index is 12.2. The van der Waals surface area contributed by atoms with Gasteiger partial charge < -0.3 is 10.6 Å². The highest BCUT2D eigenvalue weighted by atomic mass is 16.1. The van der Waals surface area contributed by atoms with Crippen LogP contribution in [0.5, 0.6) is 0 Å². The van der Waals surface area contributed by atoms with Crippen molar-refractivity contribution in [3.8, 4) is 0 Å². The smallest absolute Gasteiger partial charge is 0.251 e. The molecule has 0 saturated carbocycles. The van der Waals surface area contributed by atoms with Crippen LogP contribution in [0.1, 0.15) is 27.3 Å². The van der Waals surface area contributed by atoms with Crippen LogP contribution in [0.2, 0.25) is 0 Å². The zero-order valence-corrected chi connectivity index (χ0v) is 15.0. The first-order valence-electron chi connectivity index (χ1n) is 8.62. The Hall–Kier alpha value is -3.21. The molecule has 3 aromatic rings. The third kappa shape index (κ3) is 4.89. The van der Waals surface area contributed by atoms with Gasteiger partial charge in [-0.25, -0.2) is 9.97 Å². The number of carbonyl (C=O) groups is 1. The van der Waals surface area contributed by atoms with E-state index < -0.39 is 0 Å². The van der Waals surface area contributed by atoms with Crippen molar-refractivity contribution in [2.75, 3.05) is 11.9 Å². The Morgan fingerprint density at radius 1 is 0.923 bits per heavy atom. The van der Waals surface area contributed by atoms with Gasteiger partial charge in [-0.3, -0.25) is 4.79 Å². The van der Waals surface area contributed by atoms with E-state index in [0.29, 0.717) is 18.1 Å². The summed E-state index contributed by atoms with van der Waals surface area (Å²) in [7, 11) is 0. The van der Waals surface area contributed by atoms with Gasteiger partial charge in [-0.2, -0.15) is 0 Å². The van der Waals surface area contributed by atoms with Gasteiger partial charge in [0.2, 0.25) is 5.95 Å². The molecule has 5 heteroatoms. The maximum Gasteiger partial charge on any atom is 0.251 e. The monoisotopic (exact) mass is 346 g/mol. The van der Waals surface area contributed by atoms with Gasteiger partial charge in [0.05, 0.1) is 0 Å². The van der Waals surface area contributed by atoms with E-state index in [2.05, 4.69) is 32.7 Å². The zero-order valence-electron chi connectivity index (χ0n) is 15.0. The molecule has 0 unspecified atom stereocenters. The number of anilines is 2. The van der Waals surface area contributed by atoms with Crippen LogP contribution in [0.25, 0.3) is 0 Å². The standard InChI is InChI=1S/C21H22N4O/c1-15-14-16(2)24-21(23-15)25-19-10-8-18(9-11-19)20(26)22-13-12-17-6-4-3-5-7-17/h3-11,14H,12-13H2,1-2H3,(H,22,26)(H,23,24,25). The van der Waals surface area contributed by atoms with Gasteiger partial charge in [-0.05, 0) is 56.2 Å². The van der Waals surface area contributed by atoms with Crippen LogP contribution in [-0.2, 0) is 6.42 Å². The van der Waals surface area contributed by atoms with E-state index >= 15 is 0 Å². The predicted molar refractivity (Wildman–Crippen MR) is 104 cm³/mol. The molecule has 1 aromatic heterocycles. The minimum atomic E-state index is -0.0740. The summed E-state index contributed by atoms with van der Waals surface area (Å²) in [6.07, 6.45) is 0.816. The van der Waals surface area contributed by atoms with Crippen molar-refractivity contribution in [1.29, 1.82) is 0 Å². The second-order valence-corrected chi connectivity index (χ2v) is 6.17. The van der Waals surface area contributed by atoms with Gasteiger partial charge in [0.1, 0.15) is 0 Å². The number of hydrogen-bond acceptors (Lipinski definition) is 4. The first-order chi connectivity index (χ1) is 12.6. The van der Waals surface area contributed by atoms with Crippen molar-refractivity contribution in [2.45, 2.75) is 20.3 Å². The Morgan fingerprint density at radius 3 is 2.23 bits per heavy atom. The van der Waals surface area contributed by atoms with Crippen molar-refractivity contribution in [2.24, 2.45) is 0 Å². The molecule has 0 aliphatic rings. The fourth-order valence-electron chi connectivity index (χ4n) is 2.68. The summed E-state index contributed by atoms with van der Waals surface area (Å²) in [6.45, 7) is 4.48. The maximum atomic E-state index is 12.2. The Kier molecular flexibility index (Phi) is 5.59. The molecule has 5 nitrogen and oxygen atoms in total. The molecule has 0 fully saturated rings. The van der Waals surface area contributed by atoms with Crippen molar-refractivity contribution < 1.29 is 4.79 Å². The summed E-state index contributed by atoms with van der Waals surface area (Å²) in [5.74, 6) is 0.484. The average Bonchev–Trinajstić information content (AvgIpc) is 2.62. The topological polar surface area (TPSA) is 66.9 Å². The fraction of sp³-hybridized carbons (Fsp3) is 0.190. The lowest BCUT2D eigenvalue weighted by molar-refractivity contribution is 0.0954. The highest BCUT2D eigenvalue weighted by Crippen LogP contribution is 2.15. The molecule has 0 saturated heterocycles. The SMILES string of the molecule is Cc1cc(C)nc(Nc2ccc(C(=O)NCCc3ccccc3)cc2)n1. The highest BCUT2D eigenvalue weighted by molar-refractivity contribution is 5.94. The van der Waals surface area contributed by atoms with Crippen molar-refractivity contribution in [1.82, 2.24) is 15.3 Å². The van der Waals surface area contributed by atoms with E-state index in [1.54, 1.807) is 12.1 Å². The molecule has 0 radical (unpaired) electrons. The number of hydrogen-bond donors (Lipinski definition) is 2. The van der Waals surface area contributed by atoms with Gasteiger partial charge in [0.15, 0.2) is 0 Å². The number of nitrogens with one attached hydrogen (secondary N) is 2. The van der Waals surface area contributed by atoms with Crippen LogP contribution in [0.3, 0.4) is 0 Å². The van der Waals surface area contributed by atoms with Crippen LogP contribution >= 0.6 is 0 Å². The molecule has 1 heterocycles. The van der Waals surface area contributed by atoms with Crippen molar-refractivity contribution in [3.05, 3.63) is 83.2 Å². The average molecular weight is 346 g/mol. The molecular weight excluding hydrogens is 324 g/mol. The lowest BCUT2D eigenvalue weighted by Gasteiger charge is -2.08. The molecule has 26 heavy (non-hydrogen) atoms. The van der Waals surface area contributed by atoms with Crippen LogP contribution < -0.4 is 10.6 Å². The third-order valence-corrected chi connectivity index (χ3v) is 3.93. The molecule has 0 spiro atoms. The molecule has 2 N–H and O–H groups in total. The van der Waals surface area contributed by atoms with Gasteiger partial charge in [-0.15, -0.1) is 0 Å². The van der Waals surface area contributed by atoms with Crippen LogP contribution in [0, 0.1) is 13.8 Å². The molecule has 1 amide bonds. The minimum absolute atomic E-state index is 0.0740. The minimum Gasteiger partial charge on any atom is -0.352 e. The van der Waals surface area contributed by atoms with Crippen LogP contribution in [-0.4, -0.2) is 22.4 Å². The number of aromatic nitrogens is 2. The van der Waals surface area contributed by atoms with Crippen LogP contribution in [0.4, 0.5) is 11.6 Å². The lowest BCUT2D eigenvalue weighted by atomic mass is 10.1. The first kappa shape index (κ1) is 17.6. The van der Waals surface area contributed by atoms with Crippen LogP contribution in [0.15, 0.2) is 60.7 Å². The van der Waals surface area contributed by atoms with E-state index in [0.717, 1.165) is 23.5 Å². The molecular formula is C21H22N4O. The molecule has 0 aliphatic carbocycles. The summed E-state index contributed by atoms with van der Waals surface area (Å²) in [5, 5.41) is 6.11. The number of amides is 1. The van der Waals surface area contributed by atoms with Gasteiger partial charge in [0, 0.05) is 29.2 Å². The van der Waals surface area contributed by atoms with E-state index in [-0.39, 0.29) is 5.91 Å². The Bertz CT molecular complexity index is 856. The normalized spacial score (nSPS) is 10.4. The summed E-state index contributed by atoms with van der Waals surface area (Å²) in [5.41, 5.74) is 4.51. The third-order valence-electron chi connectivity index (χ3n) is 3.93. The summed E-state index contributed by atoms with van der Waals surface area (Å²) in [6, 6.07) is 19.3. The van der Waals surface area contributed by atoms with E-state index in [4.69, 9.17) is 0 Å². The quantitative estimate of drug-likeness (QED) is 0.712. The van der Waals surface area contributed by atoms with Gasteiger partial charge in [0.25, 0.3) is 5.91 Å². The lowest BCUT2D eigenvalue weighted by Crippen LogP contribution is -2.25. The largest absolute Gasteiger partial charge is 0.352 e. The molecule has 132 valence electrons. The molecule has 0 atom stereocenters. The number of nitrogens with zero attached hydrogens (tertiary/aromatic N) is 2. The second kappa shape index (κ2) is 8.25.